The zero-order valence-electron chi connectivity index (χ0n) is 12.4. The lowest BCUT2D eigenvalue weighted by Crippen LogP contribution is -2.47. The summed E-state index contributed by atoms with van der Waals surface area (Å²) in [4.78, 5) is 2.66. The lowest BCUT2D eigenvalue weighted by Gasteiger charge is -2.38. The third-order valence-corrected chi connectivity index (χ3v) is 4.60. The summed E-state index contributed by atoms with van der Waals surface area (Å²) < 4.78 is 0. The molecule has 0 spiro atoms. The average Bonchev–Trinajstić information content (AvgIpc) is 2.98. The number of rotatable bonds is 6. The Hall–Kier alpha value is -0.860. The number of likely N-dealkylation sites (N-methyl/N-ethyl adjacent to an activating group) is 1. The zero-order chi connectivity index (χ0) is 13.7. The highest BCUT2D eigenvalue weighted by molar-refractivity contribution is 5.20. The van der Waals surface area contributed by atoms with Gasteiger partial charge in [-0.1, -0.05) is 57.0 Å². The summed E-state index contributed by atoms with van der Waals surface area (Å²) in [5.74, 6) is 0. The standard InChI is InChI=1S/C17H28N2/c1-3-16(17(18)14-10-6-5-7-11-14)19(4-2)15-12-8-9-13-15/h5-7,10-11,15-17H,3-4,8-9,12-13,18H2,1-2H3. The highest BCUT2D eigenvalue weighted by Gasteiger charge is 2.30. The first-order valence-corrected chi connectivity index (χ1v) is 7.84. The molecule has 0 bridgehead atoms. The van der Waals surface area contributed by atoms with Gasteiger partial charge in [-0.15, -0.1) is 0 Å². The maximum Gasteiger partial charge on any atom is 0.0453 e. The topological polar surface area (TPSA) is 29.3 Å². The van der Waals surface area contributed by atoms with E-state index in [1.165, 1.54) is 31.2 Å². The second-order valence-corrected chi connectivity index (χ2v) is 5.68. The van der Waals surface area contributed by atoms with Crippen molar-refractivity contribution in [2.75, 3.05) is 6.54 Å². The van der Waals surface area contributed by atoms with Gasteiger partial charge in [-0.05, 0) is 31.4 Å². The molecule has 1 aliphatic rings. The van der Waals surface area contributed by atoms with E-state index in [0.29, 0.717) is 6.04 Å². The first kappa shape index (κ1) is 14.5. The van der Waals surface area contributed by atoms with Crippen LogP contribution in [0.3, 0.4) is 0 Å². The van der Waals surface area contributed by atoms with Crippen LogP contribution in [0.2, 0.25) is 0 Å². The van der Waals surface area contributed by atoms with E-state index in [-0.39, 0.29) is 6.04 Å². The molecular formula is C17H28N2. The summed E-state index contributed by atoms with van der Waals surface area (Å²) >= 11 is 0. The van der Waals surface area contributed by atoms with Crippen molar-refractivity contribution in [1.82, 2.24) is 4.90 Å². The lowest BCUT2D eigenvalue weighted by molar-refractivity contribution is 0.119. The zero-order valence-corrected chi connectivity index (χ0v) is 12.4. The van der Waals surface area contributed by atoms with Crippen molar-refractivity contribution in [3.05, 3.63) is 35.9 Å². The molecule has 2 heteroatoms. The number of nitrogens with two attached hydrogens (primary N) is 1. The summed E-state index contributed by atoms with van der Waals surface area (Å²) in [6, 6.07) is 11.9. The van der Waals surface area contributed by atoms with Gasteiger partial charge in [-0.3, -0.25) is 4.90 Å². The largest absolute Gasteiger partial charge is 0.323 e. The molecule has 1 fully saturated rings. The first-order chi connectivity index (χ1) is 9.27. The van der Waals surface area contributed by atoms with Crippen LogP contribution in [0.25, 0.3) is 0 Å². The van der Waals surface area contributed by atoms with Crippen LogP contribution in [0, 0.1) is 0 Å². The molecule has 0 saturated heterocycles. The van der Waals surface area contributed by atoms with E-state index >= 15 is 0 Å². The molecule has 2 nitrogen and oxygen atoms in total. The van der Waals surface area contributed by atoms with Crippen molar-refractivity contribution in [3.8, 4) is 0 Å². The first-order valence-electron chi connectivity index (χ1n) is 7.84. The monoisotopic (exact) mass is 260 g/mol. The summed E-state index contributed by atoms with van der Waals surface area (Å²) in [6.45, 7) is 5.66. The van der Waals surface area contributed by atoms with Gasteiger partial charge in [0.2, 0.25) is 0 Å². The van der Waals surface area contributed by atoms with Crippen LogP contribution < -0.4 is 5.73 Å². The lowest BCUT2D eigenvalue weighted by atomic mass is 9.95. The van der Waals surface area contributed by atoms with Crippen LogP contribution in [0.4, 0.5) is 0 Å². The Labute approximate surface area is 118 Å². The minimum atomic E-state index is 0.131. The van der Waals surface area contributed by atoms with Crippen LogP contribution >= 0.6 is 0 Å². The van der Waals surface area contributed by atoms with Gasteiger partial charge in [0.1, 0.15) is 0 Å². The number of hydrogen-bond acceptors (Lipinski definition) is 2. The van der Waals surface area contributed by atoms with E-state index in [0.717, 1.165) is 19.0 Å². The quantitative estimate of drug-likeness (QED) is 0.844. The van der Waals surface area contributed by atoms with Crippen molar-refractivity contribution in [2.24, 2.45) is 5.73 Å². The molecule has 0 aliphatic heterocycles. The fraction of sp³-hybridized carbons (Fsp3) is 0.647. The molecule has 0 amide bonds. The van der Waals surface area contributed by atoms with E-state index in [2.05, 4.69) is 49.1 Å². The predicted octanol–water partition coefficient (Wildman–Crippen LogP) is 3.73. The van der Waals surface area contributed by atoms with Crippen molar-refractivity contribution in [1.29, 1.82) is 0 Å². The average molecular weight is 260 g/mol. The van der Waals surface area contributed by atoms with Crippen molar-refractivity contribution < 1.29 is 0 Å². The molecule has 1 aliphatic carbocycles. The molecule has 0 radical (unpaired) electrons. The van der Waals surface area contributed by atoms with Crippen LogP contribution in [-0.2, 0) is 0 Å². The number of nitrogens with zero attached hydrogens (tertiary/aromatic N) is 1. The minimum absolute atomic E-state index is 0.131. The van der Waals surface area contributed by atoms with Gasteiger partial charge in [0, 0.05) is 18.1 Å². The highest BCUT2D eigenvalue weighted by Crippen LogP contribution is 2.29. The molecule has 0 heterocycles. The molecule has 2 unspecified atom stereocenters. The molecule has 2 N–H and O–H groups in total. The molecule has 1 aromatic rings. The fourth-order valence-electron chi connectivity index (χ4n) is 3.59. The van der Waals surface area contributed by atoms with Gasteiger partial charge in [-0.25, -0.2) is 0 Å². The third kappa shape index (κ3) is 3.37. The maximum absolute atomic E-state index is 6.55. The van der Waals surface area contributed by atoms with Crippen molar-refractivity contribution in [3.63, 3.8) is 0 Å². The third-order valence-electron chi connectivity index (χ3n) is 4.60. The molecule has 2 atom stereocenters. The van der Waals surface area contributed by atoms with E-state index in [1.54, 1.807) is 0 Å². The van der Waals surface area contributed by atoms with Gasteiger partial charge in [0.15, 0.2) is 0 Å². The van der Waals surface area contributed by atoms with E-state index in [4.69, 9.17) is 5.73 Å². The van der Waals surface area contributed by atoms with E-state index in [1.807, 2.05) is 0 Å². The summed E-state index contributed by atoms with van der Waals surface area (Å²) in [5, 5.41) is 0. The molecule has 19 heavy (non-hydrogen) atoms. The second-order valence-electron chi connectivity index (χ2n) is 5.68. The van der Waals surface area contributed by atoms with E-state index < -0.39 is 0 Å². The highest BCUT2D eigenvalue weighted by atomic mass is 15.2. The second kappa shape index (κ2) is 7.06. The van der Waals surface area contributed by atoms with Gasteiger partial charge in [0.05, 0.1) is 0 Å². The molecule has 1 saturated carbocycles. The van der Waals surface area contributed by atoms with Crippen molar-refractivity contribution >= 4 is 0 Å². The van der Waals surface area contributed by atoms with Crippen molar-refractivity contribution in [2.45, 2.75) is 64.1 Å². The van der Waals surface area contributed by atoms with Gasteiger partial charge >= 0.3 is 0 Å². The molecule has 0 aromatic heterocycles. The molecule has 1 aromatic carbocycles. The Bertz CT molecular complexity index is 357. The Morgan fingerprint density at radius 1 is 1.16 bits per heavy atom. The van der Waals surface area contributed by atoms with E-state index in [9.17, 15) is 0 Å². The predicted molar refractivity (Wildman–Crippen MR) is 82.1 cm³/mol. The van der Waals surface area contributed by atoms with Gasteiger partial charge in [0.25, 0.3) is 0 Å². The Morgan fingerprint density at radius 3 is 2.32 bits per heavy atom. The SMILES string of the molecule is CCC(C(N)c1ccccc1)N(CC)C1CCCC1. The number of hydrogen-bond donors (Lipinski definition) is 1. The van der Waals surface area contributed by atoms with Gasteiger partial charge in [-0.2, -0.15) is 0 Å². The molecular weight excluding hydrogens is 232 g/mol. The Kier molecular flexibility index (Phi) is 5.41. The Balaban J connectivity index is 2.12. The minimum Gasteiger partial charge on any atom is -0.323 e. The summed E-state index contributed by atoms with van der Waals surface area (Å²) in [7, 11) is 0. The number of benzene rings is 1. The van der Waals surface area contributed by atoms with Crippen LogP contribution in [0.15, 0.2) is 30.3 Å². The smallest absolute Gasteiger partial charge is 0.0453 e. The summed E-state index contributed by atoms with van der Waals surface area (Å²) in [6.07, 6.45) is 6.61. The van der Waals surface area contributed by atoms with Gasteiger partial charge < -0.3 is 5.73 Å². The Morgan fingerprint density at radius 2 is 1.79 bits per heavy atom. The van der Waals surface area contributed by atoms with Crippen LogP contribution in [-0.4, -0.2) is 23.5 Å². The maximum atomic E-state index is 6.55. The summed E-state index contributed by atoms with van der Waals surface area (Å²) in [5.41, 5.74) is 7.82. The fourth-order valence-corrected chi connectivity index (χ4v) is 3.59. The molecule has 2 rings (SSSR count). The van der Waals surface area contributed by atoms with Crippen LogP contribution in [0.1, 0.15) is 57.6 Å². The van der Waals surface area contributed by atoms with Crippen LogP contribution in [0.5, 0.6) is 0 Å². The molecule has 106 valence electrons. The normalized spacial score (nSPS) is 19.8.